The summed E-state index contributed by atoms with van der Waals surface area (Å²) < 4.78 is 2.01. The van der Waals surface area contributed by atoms with Crippen molar-refractivity contribution in [1.29, 1.82) is 0 Å². The van der Waals surface area contributed by atoms with Gasteiger partial charge < -0.3 is 10.0 Å². The molecule has 0 amide bonds. The monoisotopic (exact) mass is 1160 g/mol. The Morgan fingerprint density at radius 2 is 0.868 bits per heavy atom. The molecule has 53 heavy (non-hydrogen) atoms. The molecule has 0 atom stereocenters. The highest BCUT2D eigenvalue weighted by Gasteiger charge is 2.17. The molecule has 0 bridgehead atoms. The van der Waals surface area contributed by atoms with Gasteiger partial charge in [-0.25, -0.2) is 4.57 Å². The predicted molar refractivity (Wildman–Crippen MR) is 251 cm³/mol. The molecule has 2 heterocycles. The van der Waals surface area contributed by atoms with E-state index in [-0.39, 0.29) is 17.0 Å². The molecule has 0 aliphatic rings. The van der Waals surface area contributed by atoms with Crippen molar-refractivity contribution in [2.24, 2.45) is 0 Å². The first kappa shape index (κ1) is 47.7. The maximum atomic E-state index is 9.42. The summed E-state index contributed by atoms with van der Waals surface area (Å²) >= 11 is 20.5. The van der Waals surface area contributed by atoms with E-state index >= 15 is 0 Å². The van der Waals surface area contributed by atoms with E-state index in [2.05, 4.69) is 155 Å². The molecule has 12 heteroatoms. The van der Waals surface area contributed by atoms with Crippen molar-refractivity contribution >= 4 is 125 Å². The molecule has 278 valence electrons. The Kier molecular flexibility index (Phi) is 25.2. The van der Waals surface area contributed by atoms with Crippen molar-refractivity contribution in [1.82, 2.24) is 4.98 Å². The second-order valence-corrected chi connectivity index (χ2v) is 14.7. The molecule has 0 spiro atoms. The van der Waals surface area contributed by atoms with Gasteiger partial charge >= 0.3 is 7.12 Å². The Balaban J connectivity index is 0.000000266. The summed E-state index contributed by atoms with van der Waals surface area (Å²) in [6.07, 6.45) is 7.51. The lowest BCUT2D eigenvalue weighted by Crippen LogP contribution is -2.40. The van der Waals surface area contributed by atoms with Crippen LogP contribution in [0.4, 0.5) is 0 Å². The maximum absolute atomic E-state index is 9.42. The topological polar surface area (TPSA) is 57.2 Å². The van der Waals surface area contributed by atoms with Crippen LogP contribution in [-0.4, -0.2) is 22.2 Å². The highest BCUT2D eigenvalue weighted by molar-refractivity contribution is 9.09. The number of rotatable bonds is 10. The van der Waals surface area contributed by atoms with Crippen molar-refractivity contribution in [3.8, 4) is 11.1 Å². The second-order valence-electron chi connectivity index (χ2n) is 11.3. The zero-order valence-corrected chi connectivity index (χ0v) is 40.1. The third-order valence-corrected chi connectivity index (χ3v) is 11.4. The smallest absolute Gasteiger partial charge is 0.423 e. The summed E-state index contributed by atoms with van der Waals surface area (Å²) in [6.45, 7) is 0.588. The van der Waals surface area contributed by atoms with Crippen LogP contribution in [0.25, 0.3) is 11.1 Å². The number of pyridine rings is 2. The number of aromatic nitrogens is 2. The highest BCUT2D eigenvalue weighted by Crippen LogP contribution is 2.18. The summed E-state index contributed by atoms with van der Waals surface area (Å²) in [5, 5.41) is 24.4. The molecular formula is C41H41BBr7N2O2+. The van der Waals surface area contributed by atoms with Crippen molar-refractivity contribution < 1.29 is 14.6 Å². The van der Waals surface area contributed by atoms with Crippen LogP contribution in [0.2, 0.25) is 0 Å². The molecule has 0 aliphatic carbocycles. The molecular weight excluding hydrogens is 1120 g/mol. The average molecular weight is 1160 g/mol. The van der Waals surface area contributed by atoms with Gasteiger partial charge in [-0.15, -0.1) is 17.0 Å². The average Bonchev–Trinajstić information content (AvgIpc) is 3.22. The first-order valence-corrected chi connectivity index (χ1v) is 23.0. The molecule has 2 aromatic heterocycles. The van der Waals surface area contributed by atoms with Gasteiger partial charge in [0, 0.05) is 62.1 Å². The molecule has 4 nitrogen and oxygen atoms in total. The number of halogens is 7. The molecule has 6 rings (SSSR count). The SMILES string of the molecule is Br.BrCc1cc(CBr)cc(CBr)c1.BrCc1ccc(CBr)cc1.BrCc1ccccc1.OB(O)c1ccccc1C[n+]1ccc(-c2ccncc2)cc1. The van der Waals surface area contributed by atoms with Gasteiger partial charge in [-0.2, -0.15) is 0 Å². The van der Waals surface area contributed by atoms with Gasteiger partial charge in [0.15, 0.2) is 18.9 Å². The number of hydrogen-bond donors (Lipinski definition) is 2. The molecule has 0 saturated heterocycles. The van der Waals surface area contributed by atoms with Crippen LogP contribution in [-0.2, 0) is 38.5 Å². The Labute approximate surface area is 375 Å². The van der Waals surface area contributed by atoms with E-state index < -0.39 is 7.12 Å². The molecule has 0 fully saturated rings. The van der Waals surface area contributed by atoms with E-state index in [9.17, 15) is 10.0 Å². The minimum Gasteiger partial charge on any atom is -0.423 e. The summed E-state index contributed by atoms with van der Waals surface area (Å²) in [4.78, 5) is 4.02. The molecule has 0 aliphatic heterocycles. The predicted octanol–water partition coefficient (Wildman–Crippen LogP) is 11.8. The van der Waals surface area contributed by atoms with Crippen LogP contribution in [0.1, 0.15) is 38.9 Å². The summed E-state index contributed by atoms with van der Waals surface area (Å²) in [5.74, 6) is 0. The second kappa shape index (κ2) is 28.0. The van der Waals surface area contributed by atoms with Crippen LogP contribution in [0.15, 0.2) is 146 Å². The van der Waals surface area contributed by atoms with Crippen LogP contribution in [0, 0.1) is 0 Å². The summed E-state index contributed by atoms with van der Waals surface area (Å²) in [7, 11) is -1.45. The Morgan fingerprint density at radius 1 is 0.472 bits per heavy atom. The Morgan fingerprint density at radius 3 is 1.28 bits per heavy atom. The van der Waals surface area contributed by atoms with Gasteiger partial charge in [-0.05, 0) is 62.1 Å². The summed E-state index contributed by atoms with van der Waals surface area (Å²) in [5.41, 5.74) is 11.6. The largest absolute Gasteiger partial charge is 0.488 e. The molecule has 0 radical (unpaired) electrons. The lowest BCUT2D eigenvalue weighted by atomic mass is 9.77. The Hall–Kier alpha value is -1.48. The number of hydrogen-bond acceptors (Lipinski definition) is 3. The molecule has 0 saturated carbocycles. The summed E-state index contributed by atoms with van der Waals surface area (Å²) in [6, 6.07) is 40.7. The van der Waals surface area contributed by atoms with Crippen LogP contribution < -0.4 is 10.0 Å². The number of alkyl halides is 6. The lowest BCUT2D eigenvalue weighted by Gasteiger charge is -2.06. The normalized spacial score (nSPS) is 9.89. The standard InChI is InChI=1S/C17H16BN2O2.C9H9Br3.C8H8Br2.C7H7Br.BrH/c21-18(22)17-4-2-1-3-16(17)13-20-11-7-15(8-12-20)14-5-9-19-10-6-14;10-4-7-1-8(5-11)3-9(2-7)6-12;9-5-7-1-2-8(6-10)4-3-7;8-6-7-4-2-1-3-5-7;/h1-12,21-22H,13H2;1-3H,4-6H2;1-4H,5-6H2;1-5H,6H2;1H/q+1;;;;. The Bertz CT molecular complexity index is 1780. The van der Waals surface area contributed by atoms with Crippen molar-refractivity contribution in [3.05, 3.63) is 185 Å². The third-order valence-electron chi connectivity index (χ3n) is 7.49. The molecule has 2 N–H and O–H groups in total. The van der Waals surface area contributed by atoms with E-state index in [4.69, 9.17) is 0 Å². The fourth-order valence-electron chi connectivity index (χ4n) is 4.78. The first-order valence-electron chi connectivity index (χ1n) is 16.3. The molecule has 4 aromatic carbocycles. The zero-order chi connectivity index (χ0) is 37.6. The van der Waals surface area contributed by atoms with E-state index in [0.717, 1.165) is 48.7 Å². The van der Waals surface area contributed by atoms with Gasteiger partial charge in [-0.1, -0.05) is 193 Å². The van der Waals surface area contributed by atoms with E-state index in [1.165, 1.54) is 33.4 Å². The van der Waals surface area contributed by atoms with Crippen molar-refractivity contribution in [3.63, 3.8) is 0 Å². The zero-order valence-electron chi connectivity index (χ0n) is 28.8. The first-order chi connectivity index (χ1) is 25.3. The van der Waals surface area contributed by atoms with Crippen molar-refractivity contribution in [2.75, 3.05) is 0 Å². The third kappa shape index (κ3) is 17.9. The fraction of sp³-hybridized carbons (Fsp3) is 0.171. The van der Waals surface area contributed by atoms with Crippen LogP contribution in [0.5, 0.6) is 0 Å². The minimum absolute atomic E-state index is 0. The van der Waals surface area contributed by atoms with E-state index in [0.29, 0.717) is 12.0 Å². The van der Waals surface area contributed by atoms with Crippen LogP contribution >= 0.6 is 113 Å². The van der Waals surface area contributed by atoms with Crippen molar-refractivity contribution in [2.45, 2.75) is 38.5 Å². The fourth-order valence-corrected chi connectivity index (χ4v) is 6.87. The van der Waals surface area contributed by atoms with Gasteiger partial charge in [0.05, 0.1) is 0 Å². The highest BCUT2D eigenvalue weighted by atomic mass is 79.9. The van der Waals surface area contributed by atoms with Gasteiger partial charge in [0.2, 0.25) is 0 Å². The number of nitrogens with zero attached hydrogens (tertiary/aromatic N) is 2. The van der Waals surface area contributed by atoms with E-state index in [1.807, 2.05) is 71.6 Å². The lowest BCUT2D eigenvalue weighted by molar-refractivity contribution is -0.688. The quantitative estimate of drug-likeness (QED) is 0.0816. The maximum Gasteiger partial charge on any atom is 0.488 e. The van der Waals surface area contributed by atoms with E-state index in [1.54, 1.807) is 24.5 Å². The van der Waals surface area contributed by atoms with Gasteiger partial charge in [0.25, 0.3) is 0 Å². The molecule has 6 aromatic rings. The molecule has 0 unspecified atom stereocenters. The van der Waals surface area contributed by atoms with Crippen LogP contribution in [0.3, 0.4) is 0 Å². The van der Waals surface area contributed by atoms with Gasteiger partial charge in [-0.3, -0.25) is 4.98 Å². The number of benzene rings is 4. The minimum atomic E-state index is -1.45. The van der Waals surface area contributed by atoms with Gasteiger partial charge in [0.1, 0.15) is 0 Å².